The van der Waals surface area contributed by atoms with E-state index in [-0.39, 0.29) is 17.9 Å². The summed E-state index contributed by atoms with van der Waals surface area (Å²) in [5.74, 6) is 0. The largest absolute Gasteiger partial charge is 0.465 e. The van der Waals surface area contributed by atoms with E-state index in [1.165, 1.54) is 0 Å². The second kappa shape index (κ2) is 5.92. The predicted octanol–water partition coefficient (Wildman–Crippen LogP) is 3.37. The molecule has 0 aliphatic rings. The second-order valence-electron chi connectivity index (χ2n) is 4.48. The third-order valence-electron chi connectivity index (χ3n) is 2.91. The molecule has 1 heterocycles. The number of amides is 1. The van der Waals surface area contributed by atoms with Gasteiger partial charge in [0.05, 0.1) is 24.1 Å². The van der Waals surface area contributed by atoms with Crippen LogP contribution in [0.1, 0.15) is 11.3 Å². The van der Waals surface area contributed by atoms with Crippen LogP contribution in [0.5, 0.6) is 0 Å². The second-order valence-corrected chi connectivity index (χ2v) is 4.48. The van der Waals surface area contributed by atoms with Crippen molar-refractivity contribution < 1.29 is 23.1 Å². The number of nitrogens with zero attached hydrogens (tertiary/aromatic N) is 2. The predicted molar refractivity (Wildman–Crippen MR) is 74.3 cm³/mol. The minimum atomic E-state index is -4.64. The van der Waals surface area contributed by atoms with Crippen molar-refractivity contribution in [2.24, 2.45) is 0 Å². The maximum Gasteiger partial charge on any atom is 0.433 e. The molecule has 0 aliphatic carbocycles. The molecule has 0 radical (unpaired) electrons. The van der Waals surface area contributed by atoms with Crippen LogP contribution in [-0.4, -0.2) is 16.2 Å². The lowest BCUT2D eigenvalue weighted by molar-refractivity contribution is -0.141. The Morgan fingerprint density at radius 2 is 1.91 bits per heavy atom. The number of anilines is 2. The molecule has 1 amide bonds. The molecule has 0 saturated carbocycles. The Labute approximate surface area is 123 Å². The number of nitrogens with two attached hydrogens (primary N) is 1. The molecule has 22 heavy (non-hydrogen) atoms. The van der Waals surface area contributed by atoms with Gasteiger partial charge in [0.25, 0.3) is 0 Å². The fourth-order valence-electron chi connectivity index (χ4n) is 1.87. The first kappa shape index (κ1) is 15.6. The third kappa shape index (κ3) is 3.46. The molecule has 3 N–H and O–H groups in total. The summed E-state index contributed by atoms with van der Waals surface area (Å²) < 4.78 is 37.7. The number of pyridine rings is 1. The minimum absolute atomic E-state index is 0.0482. The molecule has 0 spiro atoms. The summed E-state index contributed by atoms with van der Waals surface area (Å²) in [4.78, 5) is 15.4. The summed E-state index contributed by atoms with van der Waals surface area (Å²) in [5.41, 5.74) is 4.67. The van der Waals surface area contributed by atoms with E-state index in [4.69, 9.17) is 5.73 Å². The minimum Gasteiger partial charge on any atom is -0.465 e. The van der Waals surface area contributed by atoms with E-state index in [1.54, 1.807) is 30.3 Å². The van der Waals surface area contributed by atoms with Crippen molar-refractivity contribution in [1.29, 1.82) is 0 Å². The van der Waals surface area contributed by atoms with E-state index in [0.717, 1.165) is 11.1 Å². The van der Waals surface area contributed by atoms with Crippen LogP contribution in [-0.2, 0) is 12.7 Å². The molecule has 1 aromatic carbocycles. The number of alkyl halides is 3. The van der Waals surface area contributed by atoms with E-state index >= 15 is 0 Å². The van der Waals surface area contributed by atoms with Gasteiger partial charge in [-0.2, -0.15) is 13.2 Å². The Morgan fingerprint density at radius 3 is 2.41 bits per heavy atom. The van der Waals surface area contributed by atoms with Gasteiger partial charge in [0, 0.05) is 0 Å². The van der Waals surface area contributed by atoms with Crippen LogP contribution in [0.3, 0.4) is 0 Å². The zero-order valence-corrected chi connectivity index (χ0v) is 11.2. The molecular weight excluding hydrogens is 299 g/mol. The summed E-state index contributed by atoms with van der Waals surface area (Å²) in [6.45, 7) is -0.0482. The van der Waals surface area contributed by atoms with E-state index < -0.39 is 18.0 Å². The van der Waals surface area contributed by atoms with Gasteiger partial charge >= 0.3 is 12.3 Å². The van der Waals surface area contributed by atoms with Crippen LogP contribution < -0.4 is 10.6 Å². The lowest BCUT2D eigenvalue weighted by Gasteiger charge is -2.21. The number of hydrogen-bond acceptors (Lipinski definition) is 3. The van der Waals surface area contributed by atoms with Gasteiger partial charge in [0.15, 0.2) is 0 Å². The first-order chi connectivity index (χ1) is 10.3. The summed E-state index contributed by atoms with van der Waals surface area (Å²) in [6.07, 6.45) is -5.16. The highest BCUT2D eigenvalue weighted by Gasteiger charge is 2.33. The molecular formula is C14H12F3N3O2. The molecule has 0 bridgehead atoms. The number of hydrogen-bond donors (Lipinski definition) is 2. The molecule has 8 heteroatoms. The first-order valence-electron chi connectivity index (χ1n) is 6.16. The fourth-order valence-corrected chi connectivity index (χ4v) is 1.87. The normalized spacial score (nSPS) is 11.2. The Kier molecular flexibility index (Phi) is 4.20. The van der Waals surface area contributed by atoms with Gasteiger partial charge < -0.3 is 10.8 Å². The lowest BCUT2D eigenvalue weighted by atomic mass is 10.2. The van der Waals surface area contributed by atoms with Crippen LogP contribution in [0.4, 0.5) is 29.3 Å². The van der Waals surface area contributed by atoms with Gasteiger partial charge in [0.1, 0.15) is 5.69 Å². The van der Waals surface area contributed by atoms with Crippen LogP contribution in [0, 0.1) is 0 Å². The van der Waals surface area contributed by atoms with Gasteiger partial charge in [-0.25, -0.2) is 9.78 Å². The molecule has 2 aromatic rings. The standard InChI is InChI=1S/C14H12F3N3O2/c15-14(16,17)12-6-10(18)11(7-19-12)20(13(21)22)8-9-4-2-1-3-5-9/h1-7H,8H2,(H2,18,19)(H,21,22). The van der Waals surface area contributed by atoms with Gasteiger partial charge in [-0.1, -0.05) is 30.3 Å². The zero-order chi connectivity index (χ0) is 16.3. The number of benzene rings is 1. The first-order valence-corrected chi connectivity index (χ1v) is 6.16. The van der Waals surface area contributed by atoms with Crippen molar-refractivity contribution in [3.8, 4) is 0 Å². The molecule has 0 fully saturated rings. The topological polar surface area (TPSA) is 79.5 Å². The highest BCUT2D eigenvalue weighted by atomic mass is 19.4. The molecule has 1 aromatic heterocycles. The quantitative estimate of drug-likeness (QED) is 0.911. The summed E-state index contributed by atoms with van der Waals surface area (Å²) in [5, 5.41) is 9.26. The maximum atomic E-state index is 12.6. The zero-order valence-electron chi connectivity index (χ0n) is 11.2. The van der Waals surface area contributed by atoms with Crippen LogP contribution >= 0.6 is 0 Å². The third-order valence-corrected chi connectivity index (χ3v) is 2.91. The number of carboxylic acid groups (broad SMARTS) is 1. The summed E-state index contributed by atoms with van der Waals surface area (Å²) >= 11 is 0. The maximum absolute atomic E-state index is 12.6. The average molecular weight is 311 g/mol. The van der Waals surface area contributed by atoms with Gasteiger partial charge in [-0.15, -0.1) is 0 Å². The number of rotatable bonds is 3. The van der Waals surface area contributed by atoms with E-state index in [2.05, 4.69) is 4.98 Å². The smallest absolute Gasteiger partial charge is 0.433 e. The monoisotopic (exact) mass is 311 g/mol. The highest BCUT2D eigenvalue weighted by molar-refractivity contribution is 5.90. The van der Waals surface area contributed by atoms with Crippen LogP contribution in [0.15, 0.2) is 42.6 Å². The number of aromatic nitrogens is 1. The molecule has 5 nitrogen and oxygen atoms in total. The van der Waals surface area contributed by atoms with Crippen molar-refractivity contribution in [1.82, 2.24) is 4.98 Å². The van der Waals surface area contributed by atoms with Gasteiger partial charge in [-0.3, -0.25) is 4.90 Å². The van der Waals surface area contributed by atoms with Crippen molar-refractivity contribution in [2.45, 2.75) is 12.7 Å². The fraction of sp³-hybridized carbons (Fsp3) is 0.143. The molecule has 0 unspecified atom stereocenters. The van der Waals surface area contributed by atoms with Crippen molar-refractivity contribution in [3.05, 3.63) is 53.9 Å². The Balaban J connectivity index is 2.35. The van der Waals surface area contributed by atoms with E-state index in [1.807, 2.05) is 0 Å². The molecule has 2 rings (SSSR count). The van der Waals surface area contributed by atoms with Crippen LogP contribution in [0.25, 0.3) is 0 Å². The summed E-state index contributed by atoms with van der Waals surface area (Å²) in [7, 11) is 0. The van der Waals surface area contributed by atoms with Crippen molar-refractivity contribution in [2.75, 3.05) is 10.6 Å². The molecule has 0 saturated heterocycles. The average Bonchev–Trinajstić information content (AvgIpc) is 2.45. The highest BCUT2D eigenvalue weighted by Crippen LogP contribution is 2.32. The van der Waals surface area contributed by atoms with E-state index in [0.29, 0.717) is 11.6 Å². The SMILES string of the molecule is Nc1cc(C(F)(F)F)ncc1N(Cc1ccccc1)C(=O)O. The molecule has 116 valence electrons. The van der Waals surface area contributed by atoms with Crippen molar-refractivity contribution in [3.63, 3.8) is 0 Å². The summed E-state index contributed by atoms with van der Waals surface area (Å²) in [6, 6.07) is 9.24. The Hall–Kier alpha value is -2.77. The Morgan fingerprint density at radius 1 is 1.27 bits per heavy atom. The van der Waals surface area contributed by atoms with Gasteiger partial charge in [-0.05, 0) is 11.6 Å². The van der Waals surface area contributed by atoms with Crippen molar-refractivity contribution >= 4 is 17.5 Å². The number of carbonyl (C=O) groups is 1. The Bertz CT molecular complexity index is 675. The number of halogens is 3. The molecule has 0 aliphatic heterocycles. The lowest BCUT2D eigenvalue weighted by Crippen LogP contribution is -2.29. The van der Waals surface area contributed by atoms with E-state index in [9.17, 15) is 23.1 Å². The molecule has 0 atom stereocenters. The van der Waals surface area contributed by atoms with Crippen LogP contribution in [0.2, 0.25) is 0 Å². The number of nitrogen functional groups attached to an aromatic ring is 1. The van der Waals surface area contributed by atoms with Gasteiger partial charge in [0.2, 0.25) is 0 Å².